The fraction of sp³-hybridized carbons (Fsp3) is 0.407. The van der Waals surface area contributed by atoms with E-state index < -0.39 is 5.91 Å². The fourth-order valence-corrected chi connectivity index (χ4v) is 4.22. The zero-order chi connectivity index (χ0) is 26.6. The molecule has 1 fully saturated rings. The molecule has 0 atom stereocenters. The third-order valence-electron chi connectivity index (χ3n) is 6.09. The van der Waals surface area contributed by atoms with E-state index in [0.29, 0.717) is 53.4 Å². The van der Waals surface area contributed by atoms with Crippen molar-refractivity contribution in [3.8, 4) is 17.6 Å². The van der Waals surface area contributed by atoms with Gasteiger partial charge in [0.15, 0.2) is 6.61 Å². The van der Waals surface area contributed by atoms with E-state index in [0.717, 1.165) is 25.8 Å². The van der Waals surface area contributed by atoms with Crippen molar-refractivity contribution in [2.75, 3.05) is 32.8 Å². The molecule has 3 rings (SSSR count). The Bertz CT molecular complexity index is 1140. The Kier molecular flexibility index (Phi) is 10.7. The minimum Gasteiger partial charge on any atom is -0.494 e. The maximum Gasteiger partial charge on any atom is 0.260 e. The van der Waals surface area contributed by atoms with Gasteiger partial charge in [-0.2, -0.15) is 5.26 Å². The summed E-state index contributed by atoms with van der Waals surface area (Å²) in [5, 5.41) is 20.8. The lowest BCUT2D eigenvalue weighted by molar-refractivity contribution is -0.134. The monoisotopic (exact) mass is 525 g/mol. The van der Waals surface area contributed by atoms with Crippen molar-refractivity contribution in [1.82, 2.24) is 10.2 Å². The van der Waals surface area contributed by atoms with Crippen molar-refractivity contribution < 1.29 is 19.1 Å². The van der Waals surface area contributed by atoms with Crippen LogP contribution in [0.2, 0.25) is 5.02 Å². The Balaban J connectivity index is 1.32. The van der Waals surface area contributed by atoms with Gasteiger partial charge in [-0.25, -0.2) is 0 Å². The molecule has 2 amide bonds. The molecule has 1 heterocycles. The second-order valence-electron chi connectivity index (χ2n) is 8.83. The van der Waals surface area contributed by atoms with Crippen LogP contribution in [0, 0.1) is 16.7 Å². The number of amides is 2. The predicted molar refractivity (Wildman–Crippen MR) is 141 cm³/mol. The van der Waals surface area contributed by atoms with Gasteiger partial charge in [0, 0.05) is 31.3 Å². The number of primary amides is 1. The lowest BCUT2D eigenvalue weighted by atomic mass is 10.0. The van der Waals surface area contributed by atoms with Crippen LogP contribution >= 0.6 is 11.6 Å². The van der Waals surface area contributed by atoms with Crippen molar-refractivity contribution in [3.05, 3.63) is 58.6 Å². The summed E-state index contributed by atoms with van der Waals surface area (Å²) in [5.41, 5.74) is 6.56. The van der Waals surface area contributed by atoms with Gasteiger partial charge >= 0.3 is 0 Å². The van der Waals surface area contributed by atoms with Crippen LogP contribution in [-0.4, -0.2) is 61.3 Å². The molecule has 4 N–H and O–H groups in total. The van der Waals surface area contributed by atoms with E-state index in [-0.39, 0.29) is 31.1 Å². The summed E-state index contributed by atoms with van der Waals surface area (Å²) in [7, 11) is 0. The number of halogens is 1. The van der Waals surface area contributed by atoms with Crippen LogP contribution in [0.15, 0.2) is 42.5 Å². The normalized spacial score (nSPS) is 13.6. The van der Waals surface area contributed by atoms with Gasteiger partial charge in [0.2, 0.25) is 5.91 Å². The molecular formula is C27H32ClN5O4. The molecule has 0 saturated carbocycles. The first-order chi connectivity index (χ1) is 17.9. The number of nitrogens with one attached hydrogen (secondary N) is 2. The minimum absolute atomic E-state index is 0.0965. The van der Waals surface area contributed by atoms with E-state index in [1.54, 1.807) is 41.3 Å². The Hall–Kier alpha value is -3.61. The van der Waals surface area contributed by atoms with Gasteiger partial charge in [-0.1, -0.05) is 17.7 Å². The average molecular weight is 526 g/mol. The zero-order valence-corrected chi connectivity index (χ0v) is 21.4. The second-order valence-corrected chi connectivity index (χ2v) is 9.24. The first-order valence-electron chi connectivity index (χ1n) is 12.3. The minimum atomic E-state index is -0.459. The molecule has 1 aliphatic heterocycles. The van der Waals surface area contributed by atoms with Crippen LogP contribution < -0.4 is 20.5 Å². The molecular weight excluding hydrogens is 494 g/mol. The quantitative estimate of drug-likeness (QED) is 0.270. The number of carbonyl (C=O) groups excluding carboxylic acids is 2. The van der Waals surface area contributed by atoms with E-state index in [1.165, 1.54) is 0 Å². The van der Waals surface area contributed by atoms with Crippen LogP contribution in [0.25, 0.3) is 0 Å². The van der Waals surface area contributed by atoms with Gasteiger partial charge in [0.05, 0.1) is 23.3 Å². The topological polar surface area (TPSA) is 142 Å². The molecule has 0 bridgehead atoms. The van der Waals surface area contributed by atoms with Gasteiger partial charge in [-0.15, -0.1) is 0 Å². The molecule has 0 aromatic heterocycles. The standard InChI is InChI=1S/C27H32ClN5O4/c28-23-16-20(24(30)6-8-26(31)34)5-7-25(23)37-18-27(35)33-12-9-21(10-13-33)32-11-2-14-36-22-4-1-3-19(15-22)17-29/h1,3-5,7,15-16,21,30,32H,2,6,8-14,18H2,(H2,31,34). The maximum atomic E-state index is 12.6. The molecule has 0 radical (unpaired) electrons. The van der Waals surface area contributed by atoms with Gasteiger partial charge in [0.25, 0.3) is 5.91 Å². The smallest absolute Gasteiger partial charge is 0.260 e. The number of carbonyl (C=O) groups is 2. The summed E-state index contributed by atoms with van der Waals surface area (Å²) < 4.78 is 11.3. The van der Waals surface area contributed by atoms with Crippen LogP contribution in [0.4, 0.5) is 0 Å². The molecule has 1 saturated heterocycles. The number of nitriles is 1. The van der Waals surface area contributed by atoms with Crippen molar-refractivity contribution in [3.63, 3.8) is 0 Å². The SMILES string of the molecule is N#Cc1cccc(OCCCNC2CCN(C(=O)COc3ccc(C(=N)CCC(N)=O)cc3Cl)CC2)c1. The highest BCUT2D eigenvalue weighted by atomic mass is 35.5. The average Bonchev–Trinajstić information content (AvgIpc) is 2.91. The summed E-state index contributed by atoms with van der Waals surface area (Å²) in [4.78, 5) is 25.3. The third-order valence-corrected chi connectivity index (χ3v) is 6.38. The molecule has 9 nitrogen and oxygen atoms in total. The number of ether oxygens (including phenoxy) is 2. The van der Waals surface area contributed by atoms with Gasteiger partial charge in [-0.05, 0) is 74.2 Å². The Labute approximate surface area is 222 Å². The van der Waals surface area contributed by atoms with E-state index in [9.17, 15) is 9.59 Å². The largest absolute Gasteiger partial charge is 0.494 e. The fourth-order valence-electron chi connectivity index (χ4n) is 3.99. The van der Waals surface area contributed by atoms with Crippen molar-refractivity contribution in [1.29, 1.82) is 10.7 Å². The number of hydrogen-bond donors (Lipinski definition) is 3. The van der Waals surface area contributed by atoms with E-state index in [1.807, 2.05) is 6.07 Å². The Morgan fingerprint density at radius 3 is 2.65 bits per heavy atom. The van der Waals surface area contributed by atoms with Gasteiger partial charge in [-0.3, -0.25) is 9.59 Å². The molecule has 0 spiro atoms. The summed E-state index contributed by atoms with van der Waals surface area (Å²) in [6.07, 6.45) is 2.90. The summed E-state index contributed by atoms with van der Waals surface area (Å²) in [6, 6.07) is 14.5. The summed E-state index contributed by atoms with van der Waals surface area (Å²) >= 11 is 6.28. The first-order valence-corrected chi connectivity index (χ1v) is 12.7. The summed E-state index contributed by atoms with van der Waals surface area (Å²) in [5.74, 6) is 0.518. The summed E-state index contributed by atoms with van der Waals surface area (Å²) in [6.45, 7) is 2.57. The van der Waals surface area contributed by atoms with Crippen LogP contribution in [0.3, 0.4) is 0 Å². The molecule has 0 aliphatic carbocycles. The van der Waals surface area contributed by atoms with Crippen LogP contribution in [0.5, 0.6) is 11.5 Å². The molecule has 1 aliphatic rings. The van der Waals surface area contributed by atoms with E-state index in [2.05, 4.69) is 11.4 Å². The van der Waals surface area contributed by atoms with Crippen molar-refractivity contribution >= 4 is 29.1 Å². The highest BCUT2D eigenvalue weighted by Crippen LogP contribution is 2.26. The molecule has 2 aromatic carbocycles. The highest BCUT2D eigenvalue weighted by molar-refractivity contribution is 6.32. The van der Waals surface area contributed by atoms with Gasteiger partial charge < -0.3 is 30.8 Å². The number of nitrogens with two attached hydrogens (primary N) is 1. The van der Waals surface area contributed by atoms with Crippen molar-refractivity contribution in [2.45, 2.75) is 38.1 Å². The molecule has 2 aromatic rings. The number of benzene rings is 2. The number of rotatable bonds is 13. The molecule has 0 unspecified atom stereocenters. The van der Waals surface area contributed by atoms with Crippen LogP contribution in [0.1, 0.15) is 43.2 Å². The number of hydrogen-bond acceptors (Lipinski definition) is 7. The zero-order valence-electron chi connectivity index (χ0n) is 20.7. The lowest BCUT2D eigenvalue weighted by Gasteiger charge is -2.32. The lowest BCUT2D eigenvalue weighted by Crippen LogP contribution is -2.46. The van der Waals surface area contributed by atoms with Gasteiger partial charge in [0.1, 0.15) is 11.5 Å². The number of nitrogens with zero attached hydrogens (tertiary/aromatic N) is 2. The molecule has 37 heavy (non-hydrogen) atoms. The molecule has 196 valence electrons. The maximum absolute atomic E-state index is 12.6. The van der Waals surface area contributed by atoms with Crippen LogP contribution in [-0.2, 0) is 9.59 Å². The van der Waals surface area contributed by atoms with E-state index >= 15 is 0 Å². The number of piperidine rings is 1. The third kappa shape index (κ3) is 9.08. The highest BCUT2D eigenvalue weighted by Gasteiger charge is 2.23. The predicted octanol–water partition coefficient (Wildman–Crippen LogP) is 3.27. The molecule has 10 heteroatoms. The Morgan fingerprint density at radius 2 is 1.95 bits per heavy atom. The van der Waals surface area contributed by atoms with Crippen molar-refractivity contribution in [2.24, 2.45) is 5.73 Å². The number of likely N-dealkylation sites (tertiary alicyclic amines) is 1. The first kappa shape index (κ1) is 28.0. The second kappa shape index (κ2) is 14.2. The van der Waals surface area contributed by atoms with E-state index in [4.69, 9.17) is 37.5 Å². The Morgan fingerprint density at radius 1 is 1.16 bits per heavy atom.